The molecule has 1 atom stereocenters. The van der Waals surface area contributed by atoms with E-state index in [1.54, 1.807) is 7.11 Å². The number of imidazole rings is 1. The summed E-state index contributed by atoms with van der Waals surface area (Å²) in [6, 6.07) is 13.6. The molecule has 1 amide bonds. The maximum atomic E-state index is 12.0. The highest BCUT2D eigenvalue weighted by Gasteiger charge is 2.18. The Kier molecular flexibility index (Phi) is 8.27. The van der Waals surface area contributed by atoms with Gasteiger partial charge in [0.1, 0.15) is 12.4 Å². The van der Waals surface area contributed by atoms with Crippen molar-refractivity contribution in [3.63, 3.8) is 0 Å². The number of ether oxygens (including phenoxy) is 3. The van der Waals surface area contributed by atoms with Gasteiger partial charge in [-0.05, 0) is 50.1 Å². The van der Waals surface area contributed by atoms with Crippen LogP contribution in [0.25, 0.3) is 17.1 Å². The Hall–Kier alpha value is -3.32. The van der Waals surface area contributed by atoms with Gasteiger partial charge in [-0.15, -0.1) is 0 Å². The molecule has 7 heteroatoms. The third kappa shape index (κ3) is 5.68. The van der Waals surface area contributed by atoms with Crippen LogP contribution in [0.2, 0.25) is 0 Å². The number of rotatable bonds is 11. The highest BCUT2D eigenvalue weighted by molar-refractivity contribution is 5.78. The summed E-state index contributed by atoms with van der Waals surface area (Å²) >= 11 is 0. The van der Waals surface area contributed by atoms with Crippen LogP contribution in [0.5, 0.6) is 11.5 Å². The Morgan fingerprint density at radius 3 is 2.75 bits per heavy atom. The molecule has 3 aromatic rings. The van der Waals surface area contributed by atoms with E-state index in [2.05, 4.69) is 9.88 Å². The van der Waals surface area contributed by atoms with Crippen molar-refractivity contribution in [3.8, 4) is 11.5 Å². The molecule has 1 unspecified atom stereocenters. The second-order valence-electron chi connectivity index (χ2n) is 7.44. The van der Waals surface area contributed by atoms with Gasteiger partial charge in [0.15, 0.2) is 11.5 Å². The third-order valence-electron chi connectivity index (χ3n) is 5.05. The van der Waals surface area contributed by atoms with Gasteiger partial charge in [0.25, 0.3) is 0 Å². The number of para-hydroxylation sites is 2. The van der Waals surface area contributed by atoms with E-state index in [-0.39, 0.29) is 18.6 Å². The lowest BCUT2D eigenvalue weighted by atomic mass is 10.2. The number of fused-ring (bicyclic) bond motifs is 1. The molecule has 0 saturated heterocycles. The molecule has 0 bridgehead atoms. The molecule has 1 aromatic heterocycles. The van der Waals surface area contributed by atoms with Crippen LogP contribution in [-0.4, -0.2) is 42.9 Å². The van der Waals surface area contributed by atoms with Gasteiger partial charge in [0.2, 0.25) is 5.91 Å². The fourth-order valence-electron chi connectivity index (χ4n) is 3.64. The number of aromatic nitrogens is 2. The Balaban J connectivity index is 1.70. The monoisotopic (exact) mass is 437 g/mol. The van der Waals surface area contributed by atoms with Gasteiger partial charge in [0, 0.05) is 13.7 Å². The molecule has 32 heavy (non-hydrogen) atoms. The molecular weight excluding hydrogens is 406 g/mol. The maximum Gasteiger partial charge on any atom is 0.246 e. The van der Waals surface area contributed by atoms with Gasteiger partial charge in [0.05, 0.1) is 30.8 Å². The number of allylic oxidation sites excluding steroid dienone is 1. The number of aryl methyl sites for hydroxylation is 1. The topological polar surface area (TPSA) is 74.6 Å². The predicted molar refractivity (Wildman–Crippen MR) is 126 cm³/mol. The number of methoxy groups -OCH3 is 2. The van der Waals surface area contributed by atoms with Crippen molar-refractivity contribution in [1.82, 2.24) is 14.9 Å². The number of carbonyl (C=O) groups excluding carboxylic acids is 1. The SMILES string of the molecule is C/C=C/c1ccc(OCCCn2c(C(C)NC(=O)COC)nc3ccccc32)c(OC)c1. The van der Waals surface area contributed by atoms with Crippen LogP contribution >= 0.6 is 0 Å². The van der Waals surface area contributed by atoms with E-state index in [0.29, 0.717) is 18.9 Å². The van der Waals surface area contributed by atoms with Crippen LogP contribution in [0.1, 0.15) is 37.7 Å². The third-order valence-corrected chi connectivity index (χ3v) is 5.05. The molecule has 7 nitrogen and oxygen atoms in total. The summed E-state index contributed by atoms with van der Waals surface area (Å²) in [5.74, 6) is 2.07. The molecule has 0 spiro atoms. The molecule has 0 aliphatic rings. The van der Waals surface area contributed by atoms with Gasteiger partial charge >= 0.3 is 0 Å². The quantitative estimate of drug-likeness (QED) is 0.451. The first-order valence-corrected chi connectivity index (χ1v) is 10.7. The van der Waals surface area contributed by atoms with Crippen molar-refractivity contribution >= 4 is 23.0 Å². The summed E-state index contributed by atoms with van der Waals surface area (Å²) in [7, 11) is 3.15. The van der Waals surface area contributed by atoms with Crippen LogP contribution < -0.4 is 14.8 Å². The van der Waals surface area contributed by atoms with E-state index in [1.807, 2.05) is 68.5 Å². The maximum absolute atomic E-state index is 12.0. The molecule has 0 saturated carbocycles. The van der Waals surface area contributed by atoms with Crippen molar-refractivity contribution in [2.75, 3.05) is 27.4 Å². The van der Waals surface area contributed by atoms with E-state index in [9.17, 15) is 4.79 Å². The van der Waals surface area contributed by atoms with Gasteiger partial charge in [-0.2, -0.15) is 0 Å². The Labute approximate surface area is 189 Å². The summed E-state index contributed by atoms with van der Waals surface area (Å²) < 4.78 is 18.5. The first-order chi connectivity index (χ1) is 15.6. The first kappa shape index (κ1) is 23.3. The summed E-state index contributed by atoms with van der Waals surface area (Å²) in [5, 5.41) is 2.94. The molecule has 1 N–H and O–H groups in total. The summed E-state index contributed by atoms with van der Waals surface area (Å²) in [6.45, 7) is 5.16. The predicted octanol–water partition coefficient (Wildman–Crippen LogP) is 4.37. The van der Waals surface area contributed by atoms with Gasteiger partial charge < -0.3 is 24.1 Å². The molecule has 0 aliphatic heterocycles. The number of nitrogens with zero attached hydrogens (tertiary/aromatic N) is 2. The largest absolute Gasteiger partial charge is 0.493 e. The number of nitrogens with one attached hydrogen (secondary N) is 1. The van der Waals surface area contributed by atoms with Crippen LogP contribution in [0.3, 0.4) is 0 Å². The molecule has 170 valence electrons. The smallest absolute Gasteiger partial charge is 0.246 e. The second kappa shape index (κ2) is 11.3. The Bertz CT molecular complexity index is 1070. The van der Waals surface area contributed by atoms with Crippen molar-refractivity contribution in [1.29, 1.82) is 0 Å². The zero-order valence-corrected chi connectivity index (χ0v) is 19.1. The fraction of sp³-hybridized carbons (Fsp3) is 0.360. The van der Waals surface area contributed by atoms with Gasteiger partial charge in [-0.1, -0.05) is 30.4 Å². The highest BCUT2D eigenvalue weighted by atomic mass is 16.5. The van der Waals surface area contributed by atoms with E-state index in [1.165, 1.54) is 7.11 Å². The average Bonchev–Trinajstić information content (AvgIpc) is 3.16. The molecular formula is C25H31N3O4. The van der Waals surface area contributed by atoms with Gasteiger partial charge in [-0.3, -0.25) is 4.79 Å². The zero-order valence-electron chi connectivity index (χ0n) is 19.1. The number of benzene rings is 2. The molecule has 1 heterocycles. The minimum atomic E-state index is -0.245. The van der Waals surface area contributed by atoms with E-state index in [0.717, 1.165) is 34.6 Å². The molecule has 0 radical (unpaired) electrons. The number of amides is 1. The lowest BCUT2D eigenvalue weighted by Gasteiger charge is -2.17. The highest BCUT2D eigenvalue weighted by Crippen LogP contribution is 2.29. The van der Waals surface area contributed by atoms with Crippen LogP contribution in [0.4, 0.5) is 0 Å². The van der Waals surface area contributed by atoms with Crippen LogP contribution in [0, 0.1) is 0 Å². The fourth-order valence-corrected chi connectivity index (χ4v) is 3.64. The number of hydrogen-bond acceptors (Lipinski definition) is 5. The first-order valence-electron chi connectivity index (χ1n) is 10.7. The van der Waals surface area contributed by atoms with E-state index in [4.69, 9.17) is 19.2 Å². The number of carbonyl (C=O) groups is 1. The molecule has 3 rings (SSSR count). The normalized spacial score (nSPS) is 12.2. The number of hydrogen-bond donors (Lipinski definition) is 1. The van der Waals surface area contributed by atoms with Crippen molar-refractivity contribution in [3.05, 3.63) is 59.9 Å². The molecule has 0 aliphatic carbocycles. The van der Waals surface area contributed by atoms with Crippen molar-refractivity contribution in [2.24, 2.45) is 0 Å². The summed E-state index contributed by atoms with van der Waals surface area (Å²) in [5.41, 5.74) is 3.00. The summed E-state index contributed by atoms with van der Waals surface area (Å²) in [6.07, 6.45) is 4.78. The lowest BCUT2D eigenvalue weighted by molar-refractivity contribution is -0.125. The van der Waals surface area contributed by atoms with E-state index < -0.39 is 0 Å². The lowest BCUT2D eigenvalue weighted by Crippen LogP contribution is -2.31. The van der Waals surface area contributed by atoms with Crippen molar-refractivity contribution in [2.45, 2.75) is 32.9 Å². The summed E-state index contributed by atoms with van der Waals surface area (Å²) in [4.78, 5) is 16.7. The van der Waals surface area contributed by atoms with Crippen molar-refractivity contribution < 1.29 is 19.0 Å². The van der Waals surface area contributed by atoms with Crippen LogP contribution in [0.15, 0.2) is 48.5 Å². The van der Waals surface area contributed by atoms with Crippen LogP contribution in [-0.2, 0) is 16.1 Å². The Morgan fingerprint density at radius 1 is 1.19 bits per heavy atom. The minimum absolute atomic E-state index is 0.0209. The Morgan fingerprint density at radius 2 is 2.00 bits per heavy atom. The van der Waals surface area contributed by atoms with Gasteiger partial charge in [-0.25, -0.2) is 4.98 Å². The molecule has 2 aromatic carbocycles. The second-order valence-corrected chi connectivity index (χ2v) is 7.44. The zero-order chi connectivity index (χ0) is 22.9. The minimum Gasteiger partial charge on any atom is -0.493 e. The standard InChI is InChI=1S/C25H31N3O4/c1-5-9-19-12-13-22(23(16-19)31-4)32-15-8-14-28-21-11-7-6-10-20(21)27-25(28)18(2)26-24(29)17-30-3/h5-7,9-13,16,18H,8,14-15,17H2,1-4H3,(H,26,29)/b9-5+. The van der Waals surface area contributed by atoms with E-state index >= 15 is 0 Å². The molecule has 0 fully saturated rings. The average molecular weight is 438 g/mol.